The van der Waals surface area contributed by atoms with E-state index >= 15 is 0 Å². The van der Waals surface area contributed by atoms with Crippen LogP contribution in [0.2, 0.25) is 0 Å². The van der Waals surface area contributed by atoms with Gasteiger partial charge in [-0.3, -0.25) is 4.79 Å². The number of piperidine rings is 1. The summed E-state index contributed by atoms with van der Waals surface area (Å²) in [5.41, 5.74) is 0.242. The minimum Gasteiger partial charge on any atom is -0.477 e. The number of aromatic nitrogens is 1. The number of hydrogen-bond acceptors (Lipinski definition) is 4. The summed E-state index contributed by atoms with van der Waals surface area (Å²) in [4.78, 5) is 37.5. The van der Waals surface area contributed by atoms with Gasteiger partial charge in [0.25, 0.3) is 0 Å². The van der Waals surface area contributed by atoms with E-state index in [0.29, 0.717) is 18.7 Å². The quantitative estimate of drug-likeness (QED) is 0.628. The second-order valence-corrected chi connectivity index (χ2v) is 4.32. The summed E-state index contributed by atoms with van der Waals surface area (Å²) in [6.45, 7) is 0.624. The Bertz CT molecular complexity index is 529. The zero-order valence-electron chi connectivity index (χ0n) is 10.5. The molecule has 1 aromatic rings. The third-order valence-corrected chi connectivity index (χ3v) is 2.83. The first-order valence-corrected chi connectivity index (χ1v) is 6.11. The largest absolute Gasteiger partial charge is 0.477 e. The van der Waals surface area contributed by atoms with Gasteiger partial charge in [0.2, 0.25) is 5.91 Å². The third kappa shape index (κ3) is 3.44. The molecule has 3 amide bonds. The van der Waals surface area contributed by atoms with Crippen molar-refractivity contribution in [1.29, 1.82) is 0 Å². The highest BCUT2D eigenvalue weighted by molar-refractivity contribution is 5.94. The molecule has 1 atom stereocenters. The van der Waals surface area contributed by atoms with Crippen molar-refractivity contribution in [2.24, 2.45) is 0 Å². The van der Waals surface area contributed by atoms with Crippen LogP contribution in [0.3, 0.4) is 0 Å². The van der Waals surface area contributed by atoms with Crippen molar-refractivity contribution in [1.82, 2.24) is 15.6 Å². The van der Waals surface area contributed by atoms with Gasteiger partial charge in [-0.25, -0.2) is 14.6 Å². The minimum atomic E-state index is -1.14. The summed E-state index contributed by atoms with van der Waals surface area (Å²) >= 11 is 0. The normalized spacial score (nSPS) is 18.0. The number of aromatic carboxylic acids is 1. The van der Waals surface area contributed by atoms with Crippen molar-refractivity contribution in [3.63, 3.8) is 0 Å². The van der Waals surface area contributed by atoms with Gasteiger partial charge < -0.3 is 21.1 Å². The van der Waals surface area contributed by atoms with Crippen LogP contribution in [0.5, 0.6) is 0 Å². The molecule has 0 radical (unpaired) electrons. The van der Waals surface area contributed by atoms with E-state index in [2.05, 4.69) is 20.9 Å². The van der Waals surface area contributed by atoms with Gasteiger partial charge in [0.05, 0.1) is 11.9 Å². The van der Waals surface area contributed by atoms with Crippen molar-refractivity contribution >= 4 is 23.6 Å². The second kappa shape index (κ2) is 6.00. The molecule has 0 aromatic carbocycles. The summed E-state index contributed by atoms with van der Waals surface area (Å²) in [6, 6.07) is 1.63. The van der Waals surface area contributed by atoms with Gasteiger partial charge in [-0.2, -0.15) is 0 Å². The van der Waals surface area contributed by atoms with Crippen LogP contribution in [-0.4, -0.2) is 40.6 Å². The molecule has 0 aliphatic carbocycles. The maximum Gasteiger partial charge on any atom is 0.354 e. The lowest BCUT2D eigenvalue weighted by atomic mass is 10.1. The van der Waals surface area contributed by atoms with E-state index in [9.17, 15) is 14.4 Å². The molecule has 8 heteroatoms. The molecule has 8 nitrogen and oxygen atoms in total. The van der Waals surface area contributed by atoms with Crippen molar-refractivity contribution in [2.45, 2.75) is 18.9 Å². The van der Waals surface area contributed by atoms with Crippen LogP contribution in [-0.2, 0) is 4.79 Å². The highest BCUT2D eigenvalue weighted by Crippen LogP contribution is 2.07. The van der Waals surface area contributed by atoms with E-state index in [1.54, 1.807) is 0 Å². The molecular weight excluding hydrogens is 264 g/mol. The number of carbonyl (C=O) groups is 3. The number of hydrogen-bond donors (Lipinski definition) is 4. The lowest BCUT2D eigenvalue weighted by molar-refractivity contribution is -0.124. The molecule has 1 saturated heterocycles. The summed E-state index contributed by atoms with van der Waals surface area (Å²) in [7, 11) is 0. The number of urea groups is 1. The number of anilines is 1. The number of carbonyl (C=O) groups excluding carboxylic acids is 2. The number of nitrogens with one attached hydrogen (secondary N) is 3. The fourth-order valence-electron chi connectivity index (χ4n) is 1.83. The summed E-state index contributed by atoms with van der Waals surface area (Å²) in [6.07, 6.45) is 2.64. The zero-order valence-corrected chi connectivity index (χ0v) is 10.5. The monoisotopic (exact) mass is 278 g/mol. The van der Waals surface area contributed by atoms with Gasteiger partial charge in [-0.1, -0.05) is 0 Å². The molecule has 0 spiro atoms. The standard InChI is InChI=1S/C12H14N4O4/c17-10-8(2-1-5-13-10)16-12(20)15-7-3-4-9(11(18)19)14-6-7/h3-4,6,8H,1-2,5H2,(H,13,17)(H,18,19)(H2,15,16,20). The Hall–Kier alpha value is -2.64. The molecule has 1 aliphatic rings. The van der Waals surface area contributed by atoms with Crippen LogP contribution in [0.15, 0.2) is 18.3 Å². The Morgan fingerprint density at radius 2 is 2.20 bits per heavy atom. The van der Waals surface area contributed by atoms with Gasteiger partial charge in [0.15, 0.2) is 0 Å². The summed E-state index contributed by atoms with van der Waals surface area (Å²) in [5.74, 6) is -1.34. The zero-order chi connectivity index (χ0) is 14.5. The van der Waals surface area contributed by atoms with E-state index in [-0.39, 0.29) is 11.6 Å². The van der Waals surface area contributed by atoms with Gasteiger partial charge in [-0.05, 0) is 25.0 Å². The second-order valence-electron chi connectivity index (χ2n) is 4.32. The molecule has 0 saturated carbocycles. The Balaban J connectivity index is 1.90. The van der Waals surface area contributed by atoms with Gasteiger partial charge in [-0.15, -0.1) is 0 Å². The Labute approximate surface area is 114 Å². The molecule has 1 fully saturated rings. The number of carboxylic acids is 1. The topological polar surface area (TPSA) is 120 Å². The maximum absolute atomic E-state index is 11.7. The number of nitrogens with zero attached hydrogens (tertiary/aromatic N) is 1. The molecule has 0 bridgehead atoms. The molecular formula is C12H14N4O4. The number of carboxylic acid groups (broad SMARTS) is 1. The van der Waals surface area contributed by atoms with Crippen molar-refractivity contribution in [2.75, 3.05) is 11.9 Å². The van der Waals surface area contributed by atoms with Gasteiger partial charge in [0, 0.05) is 6.54 Å². The van der Waals surface area contributed by atoms with Crippen LogP contribution >= 0.6 is 0 Å². The molecule has 2 rings (SSSR count). The number of pyridine rings is 1. The smallest absolute Gasteiger partial charge is 0.354 e. The fourth-order valence-corrected chi connectivity index (χ4v) is 1.83. The van der Waals surface area contributed by atoms with Crippen LogP contribution in [0, 0.1) is 0 Å². The van der Waals surface area contributed by atoms with Crippen LogP contribution in [0.25, 0.3) is 0 Å². The molecule has 1 aliphatic heterocycles. The van der Waals surface area contributed by atoms with Gasteiger partial charge in [0.1, 0.15) is 11.7 Å². The van der Waals surface area contributed by atoms with Crippen LogP contribution in [0.4, 0.5) is 10.5 Å². The van der Waals surface area contributed by atoms with Crippen molar-refractivity contribution in [3.05, 3.63) is 24.0 Å². The summed E-state index contributed by atoms with van der Waals surface area (Å²) in [5, 5.41) is 16.4. The molecule has 1 unspecified atom stereocenters. The first kappa shape index (κ1) is 13.8. The number of amides is 3. The SMILES string of the molecule is O=C(Nc1ccc(C(=O)O)nc1)NC1CCCNC1=O. The molecule has 20 heavy (non-hydrogen) atoms. The van der Waals surface area contributed by atoms with E-state index in [4.69, 9.17) is 5.11 Å². The predicted molar refractivity (Wildman–Crippen MR) is 69.4 cm³/mol. The average molecular weight is 278 g/mol. The lowest BCUT2D eigenvalue weighted by Crippen LogP contribution is -2.51. The predicted octanol–water partition coefficient (Wildman–Crippen LogP) is 0.180. The first-order valence-electron chi connectivity index (χ1n) is 6.11. The average Bonchev–Trinajstić information content (AvgIpc) is 2.42. The van der Waals surface area contributed by atoms with Crippen molar-refractivity contribution < 1.29 is 19.5 Å². The Kier molecular flexibility index (Phi) is 4.14. The first-order chi connectivity index (χ1) is 9.56. The molecule has 4 N–H and O–H groups in total. The highest BCUT2D eigenvalue weighted by atomic mass is 16.4. The van der Waals surface area contributed by atoms with E-state index in [1.807, 2.05) is 0 Å². The van der Waals surface area contributed by atoms with Gasteiger partial charge >= 0.3 is 12.0 Å². The molecule has 106 valence electrons. The Morgan fingerprint density at radius 1 is 1.40 bits per heavy atom. The fraction of sp³-hybridized carbons (Fsp3) is 0.333. The maximum atomic E-state index is 11.7. The van der Waals surface area contributed by atoms with E-state index in [0.717, 1.165) is 6.42 Å². The third-order valence-electron chi connectivity index (χ3n) is 2.83. The highest BCUT2D eigenvalue weighted by Gasteiger charge is 2.23. The minimum absolute atomic E-state index is 0.109. The summed E-state index contributed by atoms with van der Waals surface area (Å²) < 4.78 is 0. The number of rotatable bonds is 3. The van der Waals surface area contributed by atoms with Crippen molar-refractivity contribution in [3.8, 4) is 0 Å². The molecule has 1 aromatic heterocycles. The van der Waals surface area contributed by atoms with E-state index in [1.165, 1.54) is 18.3 Å². The Morgan fingerprint density at radius 3 is 2.80 bits per heavy atom. The molecule has 2 heterocycles. The van der Waals surface area contributed by atoms with Crippen LogP contribution in [0.1, 0.15) is 23.3 Å². The van der Waals surface area contributed by atoms with E-state index < -0.39 is 18.0 Å². The van der Waals surface area contributed by atoms with Crippen LogP contribution < -0.4 is 16.0 Å². The lowest BCUT2D eigenvalue weighted by Gasteiger charge is -2.22.